The first-order chi connectivity index (χ1) is 9.07. The van der Waals surface area contributed by atoms with Crippen molar-refractivity contribution >= 4 is 0 Å². The molecular weight excluding hydrogens is 295 g/mol. The van der Waals surface area contributed by atoms with Crippen LogP contribution in [0.4, 0.5) is 30.7 Å². The molecule has 0 radical (unpaired) electrons. The van der Waals surface area contributed by atoms with Gasteiger partial charge in [0, 0.05) is 12.1 Å². The molecule has 0 amide bonds. The Kier molecular flexibility index (Phi) is 4.98. The molecule has 0 bridgehead atoms. The predicted molar refractivity (Wildman–Crippen MR) is 55.2 cm³/mol. The zero-order chi connectivity index (χ0) is 15.6. The Morgan fingerprint density at radius 3 is 1.90 bits per heavy atom. The molecule has 114 valence electrons. The highest BCUT2D eigenvalue weighted by Gasteiger charge is 2.58. The van der Waals surface area contributed by atoms with E-state index >= 15 is 0 Å². The van der Waals surface area contributed by atoms with Crippen molar-refractivity contribution in [2.75, 3.05) is 6.54 Å². The summed E-state index contributed by atoms with van der Waals surface area (Å²) in [5.41, 5.74) is 4.62. The molecule has 0 aromatic heterocycles. The maximum atomic E-state index is 13.4. The molecule has 1 aromatic rings. The molecule has 1 unspecified atom stereocenters. The third kappa shape index (κ3) is 4.07. The summed E-state index contributed by atoms with van der Waals surface area (Å²) in [6, 6.07) is 4.38. The first kappa shape index (κ1) is 16.7. The van der Waals surface area contributed by atoms with Crippen LogP contribution in [0.1, 0.15) is 11.7 Å². The van der Waals surface area contributed by atoms with Gasteiger partial charge in [0.1, 0.15) is 5.82 Å². The van der Waals surface area contributed by atoms with Crippen molar-refractivity contribution in [1.82, 2.24) is 0 Å². The Hall–Kier alpha value is -1.35. The molecule has 9 heteroatoms. The van der Waals surface area contributed by atoms with Gasteiger partial charge < -0.3 is 10.5 Å². The van der Waals surface area contributed by atoms with Crippen molar-refractivity contribution in [2.45, 2.75) is 24.6 Å². The molecule has 0 spiro atoms. The molecule has 0 aliphatic carbocycles. The number of hydrogen-bond acceptors (Lipinski definition) is 2. The van der Waals surface area contributed by atoms with Gasteiger partial charge in [0.15, 0.2) is 0 Å². The fraction of sp³-hybridized carbons (Fsp3) is 0.455. The van der Waals surface area contributed by atoms with Crippen LogP contribution in [0.2, 0.25) is 0 Å². The van der Waals surface area contributed by atoms with Crippen LogP contribution in [0.25, 0.3) is 0 Å². The Morgan fingerprint density at radius 2 is 1.50 bits per heavy atom. The van der Waals surface area contributed by atoms with Crippen molar-refractivity contribution in [1.29, 1.82) is 0 Å². The quantitative estimate of drug-likeness (QED) is 0.866. The number of nitrogens with two attached hydrogens (primary N) is 1. The van der Waals surface area contributed by atoms with E-state index in [4.69, 9.17) is 5.73 Å². The zero-order valence-corrected chi connectivity index (χ0v) is 9.80. The minimum absolute atomic E-state index is 0.464. The molecule has 2 N–H and O–H groups in total. The first-order valence-corrected chi connectivity index (χ1v) is 5.30. The predicted octanol–water partition coefficient (Wildman–Crippen LogP) is 3.34. The van der Waals surface area contributed by atoms with E-state index in [9.17, 15) is 30.7 Å². The fourth-order valence-electron chi connectivity index (χ4n) is 1.50. The van der Waals surface area contributed by atoms with Crippen molar-refractivity contribution in [3.05, 3.63) is 35.6 Å². The number of halogens is 7. The highest BCUT2D eigenvalue weighted by Crippen LogP contribution is 2.38. The second-order valence-corrected chi connectivity index (χ2v) is 3.85. The third-order valence-corrected chi connectivity index (χ3v) is 2.36. The second-order valence-electron chi connectivity index (χ2n) is 3.85. The first-order valence-electron chi connectivity index (χ1n) is 5.30. The molecular formula is C11H10F7NO. The maximum Gasteiger partial charge on any atom is 0.423 e. The molecule has 0 saturated heterocycles. The molecule has 0 saturated carbocycles. The molecule has 0 fully saturated rings. The number of hydrogen-bond donors (Lipinski definition) is 1. The molecule has 2 nitrogen and oxygen atoms in total. The summed E-state index contributed by atoms with van der Waals surface area (Å²) in [6.45, 7) is -0.733. The van der Waals surface area contributed by atoms with E-state index in [-0.39, 0.29) is 0 Å². The van der Waals surface area contributed by atoms with Gasteiger partial charge in [-0.25, -0.2) is 4.39 Å². The molecule has 0 heterocycles. The lowest BCUT2D eigenvalue weighted by atomic mass is 10.1. The lowest BCUT2D eigenvalue weighted by Gasteiger charge is -2.27. The van der Waals surface area contributed by atoms with Crippen LogP contribution < -0.4 is 5.73 Å². The van der Waals surface area contributed by atoms with Crippen LogP contribution in [0.15, 0.2) is 24.3 Å². The van der Waals surface area contributed by atoms with E-state index in [1.807, 2.05) is 0 Å². The molecule has 1 aromatic carbocycles. The highest BCUT2D eigenvalue weighted by atomic mass is 19.4. The molecule has 20 heavy (non-hydrogen) atoms. The lowest BCUT2D eigenvalue weighted by Crippen LogP contribution is -2.45. The minimum atomic E-state index is -5.67. The normalized spacial score (nSPS) is 14.7. The van der Waals surface area contributed by atoms with Crippen LogP contribution in [0.5, 0.6) is 0 Å². The lowest BCUT2D eigenvalue weighted by molar-refractivity contribution is -0.331. The van der Waals surface area contributed by atoms with Crippen molar-refractivity contribution in [3.8, 4) is 0 Å². The van der Waals surface area contributed by atoms with Gasteiger partial charge in [-0.1, -0.05) is 18.2 Å². The van der Waals surface area contributed by atoms with Crippen LogP contribution in [0.3, 0.4) is 0 Å². The van der Waals surface area contributed by atoms with Crippen molar-refractivity contribution in [3.63, 3.8) is 0 Å². The summed E-state index contributed by atoms with van der Waals surface area (Å²) in [5, 5.41) is 0. The minimum Gasteiger partial charge on any atom is -0.351 e. The summed E-state index contributed by atoms with van der Waals surface area (Å²) < 4.78 is 91.4. The number of benzene rings is 1. The van der Waals surface area contributed by atoms with Gasteiger partial charge in [0.05, 0.1) is 6.10 Å². The number of rotatable bonds is 4. The average molecular weight is 305 g/mol. The van der Waals surface area contributed by atoms with E-state index in [1.165, 1.54) is 12.1 Å². The maximum absolute atomic E-state index is 13.4. The number of alkyl halides is 6. The Labute approximate surface area is 109 Å². The van der Waals surface area contributed by atoms with Gasteiger partial charge in [-0.05, 0) is 6.07 Å². The van der Waals surface area contributed by atoms with E-state index in [0.717, 1.165) is 12.1 Å². The standard InChI is InChI=1S/C11H10F7NO/c12-7-4-2-1-3-6(7)8(5-19)20-9(10(13,14)15)11(16,17)18/h1-4,8-9H,5,19H2. The Morgan fingerprint density at radius 1 is 1.00 bits per heavy atom. The monoisotopic (exact) mass is 305 g/mol. The zero-order valence-electron chi connectivity index (χ0n) is 9.80. The largest absolute Gasteiger partial charge is 0.423 e. The summed E-state index contributed by atoms with van der Waals surface area (Å²) in [5.74, 6) is -0.994. The van der Waals surface area contributed by atoms with E-state index in [1.54, 1.807) is 0 Å². The molecule has 1 atom stereocenters. The van der Waals surface area contributed by atoms with Crippen LogP contribution >= 0.6 is 0 Å². The van der Waals surface area contributed by atoms with E-state index < -0.39 is 42.5 Å². The van der Waals surface area contributed by atoms with Crippen LogP contribution in [-0.4, -0.2) is 25.0 Å². The second kappa shape index (κ2) is 5.96. The summed E-state index contributed by atoms with van der Waals surface area (Å²) in [6.07, 6.45) is -17.2. The summed E-state index contributed by atoms with van der Waals surface area (Å²) >= 11 is 0. The topological polar surface area (TPSA) is 35.2 Å². The van der Waals surface area contributed by atoms with Gasteiger partial charge in [0.25, 0.3) is 0 Å². The Bertz CT molecular complexity index is 429. The highest BCUT2D eigenvalue weighted by molar-refractivity contribution is 5.20. The average Bonchev–Trinajstić information content (AvgIpc) is 2.28. The van der Waals surface area contributed by atoms with Gasteiger partial charge >= 0.3 is 12.4 Å². The van der Waals surface area contributed by atoms with Crippen LogP contribution in [0, 0.1) is 5.82 Å². The van der Waals surface area contributed by atoms with Gasteiger partial charge in [-0.2, -0.15) is 26.3 Å². The third-order valence-electron chi connectivity index (χ3n) is 2.36. The number of ether oxygens (including phenoxy) is 1. The fourth-order valence-corrected chi connectivity index (χ4v) is 1.50. The van der Waals surface area contributed by atoms with Gasteiger partial charge in [-0.3, -0.25) is 0 Å². The van der Waals surface area contributed by atoms with E-state index in [2.05, 4.69) is 4.74 Å². The Balaban J connectivity index is 3.05. The van der Waals surface area contributed by atoms with Gasteiger partial charge in [-0.15, -0.1) is 0 Å². The molecule has 0 aliphatic rings. The molecule has 1 rings (SSSR count). The van der Waals surface area contributed by atoms with Crippen molar-refractivity contribution < 1.29 is 35.5 Å². The summed E-state index contributed by atoms with van der Waals surface area (Å²) in [7, 11) is 0. The SMILES string of the molecule is NCC(OC(C(F)(F)F)C(F)(F)F)c1ccccc1F. The van der Waals surface area contributed by atoms with Gasteiger partial charge in [0.2, 0.25) is 6.10 Å². The summed E-state index contributed by atoms with van der Waals surface area (Å²) in [4.78, 5) is 0. The van der Waals surface area contributed by atoms with Crippen LogP contribution in [-0.2, 0) is 4.74 Å². The van der Waals surface area contributed by atoms with E-state index in [0.29, 0.717) is 0 Å². The van der Waals surface area contributed by atoms with Crippen molar-refractivity contribution in [2.24, 2.45) is 5.73 Å². The molecule has 0 aliphatic heterocycles. The smallest absolute Gasteiger partial charge is 0.351 e.